The van der Waals surface area contributed by atoms with Gasteiger partial charge in [-0.15, -0.1) is 0 Å². The zero-order chi connectivity index (χ0) is 15.3. The molecule has 1 heterocycles. The average molecular weight is 282 g/mol. The molecule has 0 fully saturated rings. The molecule has 7 heteroatoms. The van der Waals surface area contributed by atoms with E-state index in [-0.39, 0.29) is 36.7 Å². The third-order valence-electron chi connectivity index (χ3n) is 2.97. The number of aromatic nitrogens is 1. The van der Waals surface area contributed by atoms with Crippen LogP contribution in [0.25, 0.3) is 0 Å². The zero-order valence-corrected chi connectivity index (χ0v) is 12.3. The lowest BCUT2D eigenvalue weighted by Gasteiger charge is -2.20. The number of carbonyl (C=O) groups is 2. The second kappa shape index (κ2) is 7.04. The maximum Gasteiger partial charge on any atom is 0.245 e. The first-order valence-corrected chi connectivity index (χ1v) is 6.52. The van der Waals surface area contributed by atoms with E-state index in [9.17, 15) is 9.59 Å². The van der Waals surface area contributed by atoms with Crippen LogP contribution in [0.5, 0.6) is 0 Å². The van der Waals surface area contributed by atoms with Crippen LogP contribution in [0.15, 0.2) is 10.6 Å². The van der Waals surface area contributed by atoms with E-state index in [1.54, 1.807) is 20.0 Å². The molecule has 1 unspecified atom stereocenters. The van der Waals surface area contributed by atoms with Gasteiger partial charge in [-0.2, -0.15) is 0 Å². The minimum Gasteiger partial charge on any atom is -0.360 e. The Morgan fingerprint density at radius 2 is 2.15 bits per heavy atom. The molecular formula is C13H22N4O3. The number of aryl methyl sites for hydroxylation is 1. The lowest BCUT2D eigenvalue weighted by molar-refractivity contribution is -0.133. The van der Waals surface area contributed by atoms with Crippen molar-refractivity contribution < 1.29 is 14.1 Å². The number of hydrogen-bond donors (Lipinski definition) is 2. The highest BCUT2D eigenvalue weighted by atomic mass is 16.5. The minimum atomic E-state index is -0.327. The Bertz CT molecular complexity index is 470. The summed E-state index contributed by atoms with van der Waals surface area (Å²) in [4.78, 5) is 25.0. The summed E-state index contributed by atoms with van der Waals surface area (Å²) in [5.74, 6) is 0.684. The molecule has 0 aliphatic heterocycles. The van der Waals surface area contributed by atoms with Gasteiger partial charge in [0.25, 0.3) is 0 Å². The van der Waals surface area contributed by atoms with E-state index in [4.69, 9.17) is 10.3 Å². The highest BCUT2D eigenvalue weighted by Crippen LogP contribution is 2.08. The quantitative estimate of drug-likeness (QED) is 0.801. The molecule has 1 rings (SSSR count). The lowest BCUT2D eigenvalue weighted by Crippen LogP contribution is -2.39. The average Bonchev–Trinajstić information content (AvgIpc) is 2.73. The molecule has 0 saturated heterocycles. The zero-order valence-electron chi connectivity index (χ0n) is 12.3. The summed E-state index contributed by atoms with van der Waals surface area (Å²) in [6.45, 7) is 5.59. The van der Waals surface area contributed by atoms with E-state index in [0.29, 0.717) is 11.6 Å². The van der Waals surface area contributed by atoms with Gasteiger partial charge in [-0.25, -0.2) is 0 Å². The number of likely N-dealkylation sites (N-methyl/N-ethyl adjacent to an activating group) is 1. The summed E-state index contributed by atoms with van der Waals surface area (Å²) in [5.41, 5.74) is 5.84. The van der Waals surface area contributed by atoms with Gasteiger partial charge < -0.3 is 20.5 Å². The molecular weight excluding hydrogens is 260 g/mol. The summed E-state index contributed by atoms with van der Waals surface area (Å²) in [6.07, 6.45) is 0.227. The van der Waals surface area contributed by atoms with Crippen LogP contribution in [-0.4, -0.2) is 41.5 Å². The topological polar surface area (TPSA) is 101 Å². The van der Waals surface area contributed by atoms with Crippen LogP contribution in [0, 0.1) is 12.8 Å². The number of anilines is 1. The first-order chi connectivity index (χ1) is 9.29. The maximum absolute atomic E-state index is 11.9. The summed E-state index contributed by atoms with van der Waals surface area (Å²) < 4.78 is 4.83. The normalized spacial score (nSPS) is 12.3. The van der Waals surface area contributed by atoms with Crippen molar-refractivity contribution in [3.63, 3.8) is 0 Å². The summed E-state index contributed by atoms with van der Waals surface area (Å²) in [5, 5.41) is 6.20. The standard InChI is InChI=1S/C13H22N4O3/c1-8(2)10(14)6-13(19)17(4)7-12(18)15-11-5-9(3)20-16-11/h5,8,10H,6-7,14H2,1-4H3,(H,15,16,18). The molecule has 1 aromatic rings. The molecule has 1 aromatic heterocycles. The Balaban J connectivity index is 2.42. The highest BCUT2D eigenvalue weighted by Gasteiger charge is 2.18. The maximum atomic E-state index is 11.9. The lowest BCUT2D eigenvalue weighted by atomic mass is 10.0. The largest absolute Gasteiger partial charge is 0.360 e. The van der Waals surface area contributed by atoms with Crippen molar-refractivity contribution in [3.05, 3.63) is 11.8 Å². The number of amides is 2. The van der Waals surface area contributed by atoms with Crippen molar-refractivity contribution in [2.24, 2.45) is 11.7 Å². The molecule has 0 radical (unpaired) electrons. The molecule has 0 aliphatic carbocycles. The van der Waals surface area contributed by atoms with E-state index < -0.39 is 0 Å². The van der Waals surface area contributed by atoms with E-state index >= 15 is 0 Å². The Labute approximate surface area is 118 Å². The van der Waals surface area contributed by atoms with E-state index in [1.807, 2.05) is 13.8 Å². The fourth-order valence-electron chi connectivity index (χ4n) is 1.50. The Hall–Kier alpha value is -1.89. The number of nitrogens with zero attached hydrogens (tertiary/aromatic N) is 2. The smallest absolute Gasteiger partial charge is 0.245 e. The predicted molar refractivity (Wildman–Crippen MR) is 74.9 cm³/mol. The summed E-state index contributed by atoms with van der Waals surface area (Å²) in [6, 6.07) is 1.40. The van der Waals surface area contributed by atoms with Crippen LogP contribution in [0.2, 0.25) is 0 Å². The molecule has 1 atom stereocenters. The number of nitrogens with one attached hydrogen (secondary N) is 1. The summed E-state index contributed by atoms with van der Waals surface area (Å²) in [7, 11) is 1.57. The van der Waals surface area contributed by atoms with E-state index in [2.05, 4.69) is 10.5 Å². The molecule has 0 aliphatic rings. The van der Waals surface area contributed by atoms with Gasteiger partial charge in [0.05, 0.1) is 6.54 Å². The Morgan fingerprint density at radius 1 is 1.50 bits per heavy atom. The third-order valence-corrected chi connectivity index (χ3v) is 2.97. The van der Waals surface area contributed by atoms with Crippen LogP contribution in [-0.2, 0) is 9.59 Å². The number of rotatable bonds is 6. The molecule has 0 aromatic carbocycles. The fraction of sp³-hybridized carbons (Fsp3) is 0.615. The molecule has 20 heavy (non-hydrogen) atoms. The monoisotopic (exact) mass is 282 g/mol. The minimum absolute atomic E-state index is 0.0461. The first kappa shape index (κ1) is 16.2. The predicted octanol–water partition coefficient (Wildman–Crippen LogP) is 0.753. The van der Waals surface area contributed by atoms with Crippen molar-refractivity contribution in [2.45, 2.75) is 33.2 Å². The van der Waals surface area contributed by atoms with Gasteiger partial charge in [0, 0.05) is 25.6 Å². The van der Waals surface area contributed by atoms with Gasteiger partial charge >= 0.3 is 0 Å². The van der Waals surface area contributed by atoms with E-state index in [1.165, 1.54) is 4.90 Å². The van der Waals surface area contributed by atoms with Crippen LogP contribution < -0.4 is 11.1 Å². The number of nitrogens with two attached hydrogens (primary N) is 1. The van der Waals surface area contributed by atoms with Crippen molar-refractivity contribution in [1.82, 2.24) is 10.1 Å². The number of carbonyl (C=O) groups excluding carboxylic acids is 2. The van der Waals surface area contributed by atoms with Gasteiger partial charge in [0.2, 0.25) is 11.8 Å². The van der Waals surface area contributed by atoms with Crippen LogP contribution >= 0.6 is 0 Å². The van der Waals surface area contributed by atoms with Crippen molar-refractivity contribution >= 4 is 17.6 Å². The second-order valence-electron chi connectivity index (χ2n) is 5.23. The van der Waals surface area contributed by atoms with Crippen molar-refractivity contribution in [1.29, 1.82) is 0 Å². The molecule has 0 spiro atoms. The number of hydrogen-bond acceptors (Lipinski definition) is 5. The highest BCUT2D eigenvalue weighted by molar-refractivity contribution is 5.93. The van der Waals surface area contributed by atoms with Crippen LogP contribution in [0.3, 0.4) is 0 Å². The Morgan fingerprint density at radius 3 is 2.65 bits per heavy atom. The third kappa shape index (κ3) is 5.00. The first-order valence-electron chi connectivity index (χ1n) is 6.52. The SMILES string of the molecule is Cc1cc(NC(=O)CN(C)C(=O)CC(N)C(C)C)no1. The van der Waals surface area contributed by atoms with Crippen molar-refractivity contribution in [3.8, 4) is 0 Å². The molecule has 112 valence electrons. The second-order valence-corrected chi connectivity index (χ2v) is 5.23. The van der Waals surface area contributed by atoms with Crippen LogP contribution in [0.4, 0.5) is 5.82 Å². The van der Waals surface area contributed by atoms with Gasteiger partial charge in [0.1, 0.15) is 5.76 Å². The van der Waals surface area contributed by atoms with Gasteiger partial charge in [-0.1, -0.05) is 19.0 Å². The Kier molecular flexibility index (Phi) is 5.69. The molecule has 7 nitrogen and oxygen atoms in total. The van der Waals surface area contributed by atoms with Gasteiger partial charge in [-0.05, 0) is 12.8 Å². The van der Waals surface area contributed by atoms with Gasteiger partial charge in [-0.3, -0.25) is 9.59 Å². The molecule has 2 amide bonds. The fourth-order valence-corrected chi connectivity index (χ4v) is 1.50. The molecule has 0 saturated carbocycles. The summed E-state index contributed by atoms with van der Waals surface area (Å²) >= 11 is 0. The molecule has 3 N–H and O–H groups in total. The van der Waals surface area contributed by atoms with Crippen LogP contribution in [0.1, 0.15) is 26.0 Å². The van der Waals surface area contributed by atoms with Crippen molar-refractivity contribution in [2.75, 3.05) is 18.9 Å². The van der Waals surface area contributed by atoms with Gasteiger partial charge in [0.15, 0.2) is 5.82 Å². The molecule has 0 bridgehead atoms. The van der Waals surface area contributed by atoms with E-state index in [0.717, 1.165) is 0 Å².